The third-order valence-electron chi connectivity index (χ3n) is 12.0. The van der Waals surface area contributed by atoms with Crippen LogP contribution in [0.25, 0.3) is 33.4 Å². The molecule has 474 valence electrons. The number of halogens is 6. The second-order valence-electron chi connectivity index (χ2n) is 18.1. The zero-order chi connectivity index (χ0) is 67.3. The number of nitrogens with zero attached hydrogens (tertiary/aromatic N) is 5. The molecule has 8 N–H and O–H groups in total. The number of nitriles is 5. The average molecular weight is 1420 g/mol. The Hall–Kier alpha value is -8.59. The minimum absolute atomic E-state index is 0. The molecule has 0 spiro atoms. The van der Waals surface area contributed by atoms with Crippen molar-refractivity contribution in [3.8, 4) is 86.7 Å². The van der Waals surface area contributed by atoms with Crippen molar-refractivity contribution in [1.82, 2.24) is 0 Å². The molecule has 0 radical (unpaired) electrons. The number of aliphatic hydroxyl groups is 1. The van der Waals surface area contributed by atoms with Crippen LogP contribution in [-0.4, -0.2) is 76.0 Å². The minimum atomic E-state index is -1.34. The molecule has 1 heterocycles. The van der Waals surface area contributed by atoms with E-state index < -0.39 is 36.0 Å². The summed E-state index contributed by atoms with van der Waals surface area (Å²) in [6.45, 7) is 3.93. The van der Waals surface area contributed by atoms with Gasteiger partial charge in [-0.25, -0.2) is 17.6 Å². The summed E-state index contributed by atoms with van der Waals surface area (Å²) in [6.07, 6.45) is 2.56. The van der Waals surface area contributed by atoms with Gasteiger partial charge in [0.05, 0.1) is 39.8 Å². The predicted molar refractivity (Wildman–Crippen MR) is 353 cm³/mol. The van der Waals surface area contributed by atoms with Crippen LogP contribution < -0.4 is 87.3 Å². The molecule has 0 amide bonds. The molecule has 9 aromatic rings. The summed E-state index contributed by atoms with van der Waals surface area (Å²) in [7, 11) is 4.53. The summed E-state index contributed by atoms with van der Waals surface area (Å²) in [4.78, 5) is 0. The van der Waals surface area contributed by atoms with E-state index in [0.29, 0.717) is 49.5 Å². The van der Waals surface area contributed by atoms with E-state index in [-0.39, 0.29) is 90.6 Å². The number of nitrogen functional groups attached to an aromatic ring is 2. The van der Waals surface area contributed by atoms with Crippen LogP contribution in [0.1, 0.15) is 47.6 Å². The van der Waals surface area contributed by atoms with Crippen molar-refractivity contribution in [3.63, 3.8) is 0 Å². The van der Waals surface area contributed by atoms with E-state index >= 15 is 0 Å². The molecule has 10 rings (SSSR count). The van der Waals surface area contributed by atoms with Gasteiger partial charge in [-0.2, -0.15) is 26.3 Å². The fourth-order valence-corrected chi connectivity index (χ4v) is 8.49. The molecule has 93 heavy (non-hydrogen) atoms. The second-order valence-corrected chi connectivity index (χ2v) is 19.9. The molecule has 0 aliphatic carbocycles. The van der Waals surface area contributed by atoms with Crippen molar-refractivity contribution in [2.24, 2.45) is 0 Å². The Labute approximate surface area is 598 Å². The number of hydrogen-bond donors (Lipinski definition) is 5. The predicted octanol–water partition coefficient (Wildman–Crippen LogP) is 11.1. The molecule has 16 nitrogen and oxygen atoms in total. The zero-order valence-electron chi connectivity index (χ0n) is 51.4. The van der Waals surface area contributed by atoms with Gasteiger partial charge in [-0.15, -0.1) is 0 Å². The third kappa shape index (κ3) is 27.3. The minimum Gasteiger partial charge on any atom is -0.870 e. The Kier molecular flexibility index (Phi) is 40.4. The van der Waals surface area contributed by atoms with Gasteiger partial charge in [0.2, 0.25) is 0 Å². The maximum absolute atomic E-state index is 13.7. The van der Waals surface area contributed by atoms with Crippen LogP contribution in [-0.2, 0) is 4.74 Å². The van der Waals surface area contributed by atoms with E-state index in [2.05, 4.69) is 31.9 Å². The molecule has 1 fully saturated rings. The van der Waals surface area contributed by atoms with E-state index in [1.165, 1.54) is 59.5 Å². The van der Waals surface area contributed by atoms with Crippen LogP contribution in [0.4, 0.5) is 28.9 Å². The molecular weight excluding hydrogens is 1360 g/mol. The van der Waals surface area contributed by atoms with Gasteiger partial charge in [-0.1, -0.05) is 153 Å². The maximum Gasteiger partial charge on any atom is 1.00 e. The molecule has 1 saturated heterocycles. The van der Waals surface area contributed by atoms with Gasteiger partial charge in [0, 0.05) is 28.8 Å². The monoisotopic (exact) mass is 1420 g/mol. The average Bonchev–Trinajstić information content (AvgIpc) is 1.19. The van der Waals surface area contributed by atoms with Crippen molar-refractivity contribution in [1.29, 1.82) is 26.3 Å². The van der Waals surface area contributed by atoms with Gasteiger partial charge in [0.25, 0.3) is 0 Å². The summed E-state index contributed by atoms with van der Waals surface area (Å²) in [5.41, 5.74) is 18.7. The summed E-state index contributed by atoms with van der Waals surface area (Å²) in [5, 5.41) is 68.3. The Morgan fingerprint density at radius 2 is 0.710 bits per heavy atom. The molecule has 9 aromatic carbocycles. The largest absolute Gasteiger partial charge is 1.00 e. The van der Waals surface area contributed by atoms with Crippen LogP contribution in [0, 0.1) is 79.9 Å². The normalized spacial score (nSPS) is 9.95. The van der Waals surface area contributed by atoms with Gasteiger partial charge < -0.3 is 55.8 Å². The van der Waals surface area contributed by atoms with Crippen LogP contribution in [0.15, 0.2) is 191 Å². The first kappa shape index (κ1) is 82.4. The van der Waals surface area contributed by atoms with Gasteiger partial charge in [-0.05, 0) is 119 Å². The number of rotatable bonds is 8. The number of hydrogen-bond acceptors (Lipinski definition) is 16. The van der Waals surface area contributed by atoms with Crippen LogP contribution in [0.2, 0.25) is 0 Å². The first-order valence-electron chi connectivity index (χ1n) is 27.1. The van der Waals surface area contributed by atoms with Gasteiger partial charge in [0.15, 0.2) is 0 Å². The number of anilines is 2. The fraction of sp³-hybridized carbons (Fsp3) is 0.145. The molecule has 0 atom stereocenters. The molecule has 0 saturated carbocycles. The zero-order valence-corrected chi connectivity index (χ0v) is 57.7. The van der Waals surface area contributed by atoms with Gasteiger partial charge >= 0.3 is 58.5 Å². The van der Waals surface area contributed by atoms with E-state index in [1.54, 1.807) is 67.6 Å². The third-order valence-corrected chi connectivity index (χ3v) is 12.9. The summed E-state index contributed by atoms with van der Waals surface area (Å²) in [5.74, 6) is -1.33. The van der Waals surface area contributed by atoms with Crippen molar-refractivity contribution in [3.05, 3.63) is 242 Å². The van der Waals surface area contributed by atoms with Crippen molar-refractivity contribution in [2.75, 3.05) is 59.7 Å². The Balaban J connectivity index is 0.000000548. The Morgan fingerprint density at radius 1 is 0.441 bits per heavy atom. The summed E-state index contributed by atoms with van der Waals surface area (Å²) < 4.78 is 77.8. The first-order valence-corrected chi connectivity index (χ1v) is 28.7. The summed E-state index contributed by atoms with van der Waals surface area (Å²) >= 11 is 5.97. The fourth-order valence-electron chi connectivity index (χ4n) is 7.68. The standard InChI is InChI=1S/C14H10FNO.2C14H12N2O.C8H5BrFNO.C7H2BrF2N.C6H7BO2.C4H8O.C2H6O.K.H2O/c1-17-14-8-11(7-13(15)12(14)9-16)10-5-3-2-4-6-10;2*1-17-14-8-11(7-13(16)12(14)9-15)10-5-3-2-4-6-10;1-12-8-3-5(9)2-7(10)6(8)4-11;8-4-1-6(9)5(3-11)7(10)2-4;8-7(9)6-4-2-1-3-5-6;1-2-4-5-3-1;1-2-3;;/h2-8H,1H3;2*2-8H,16H2,1H3;2-3H,1H3;1-2H;1-5,8-9H;1-4H2;3H,2H2,1H3;;1H2/q;;;;;;;;+1;/p-1. The molecule has 24 heteroatoms. The SMILES string of the molecule is C1CCOC1.CCO.COc1cc(-c2ccccc2)cc(F)c1C#N.COc1cc(-c2ccccc2)cc(N)c1C#N.COc1cc(-c2ccccc2)cc(N)c1C#N.COc1cc(Br)cc(F)c1C#N.N#Cc1c(F)cc(Br)cc1F.OB(O)c1ccccc1.[K+].[OH-]. The first-order chi connectivity index (χ1) is 43.8. The second kappa shape index (κ2) is 45.6. The molecule has 1 aliphatic heterocycles. The van der Waals surface area contributed by atoms with Crippen molar-refractivity contribution in [2.45, 2.75) is 19.8 Å². The molecule has 1 aliphatic rings. The number of methoxy groups -OCH3 is 4. The molecule has 0 aromatic heterocycles. The maximum atomic E-state index is 13.7. The number of aliphatic hydroxyl groups excluding tert-OH is 1. The molecule has 0 unspecified atom stereocenters. The van der Waals surface area contributed by atoms with E-state index in [9.17, 15) is 17.6 Å². The van der Waals surface area contributed by atoms with Gasteiger partial charge in [-0.3, -0.25) is 0 Å². The van der Waals surface area contributed by atoms with Crippen LogP contribution >= 0.6 is 31.9 Å². The quantitative estimate of drug-likeness (QED) is 0.0536. The van der Waals surface area contributed by atoms with E-state index in [4.69, 9.17) is 76.6 Å². The number of benzene rings is 9. The molecule has 0 bridgehead atoms. The topological polar surface area (TPSA) is 308 Å². The van der Waals surface area contributed by atoms with Crippen LogP contribution in [0.3, 0.4) is 0 Å². The van der Waals surface area contributed by atoms with Gasteiger partial charge in [0.1, 0.15) is 104 Å². The van der Waals surface area contributed by atoms with E-state index in [1.807, 2.05) is 121 Å². The van der Waals surface area contributed by atoms with E-state index in [0.717, 1.165) is 53.2 Å². The smallest absolute Gasteiger partial charge is 0.870 e. The van der Waals surface area contributed by atoms with Crippen molar-refractivity contribution >= 4 is 55.8 Å². The summed E-state index contributed by atoms with van der Waals surface area (Å²) in [6, 6.07) is 61.8. The van der Waals surface area contributed by atoms with Crippen molar-refractivity contribution < 1.29 is 113 Å². The Bertz CT molecular complexity index is 3690. The number of nitrogens with two attached hydrogens (primary N) is 2. The molecular formula is C69H63BBr2F4KN7O9. The van der Waals surface area contributed by atoms with Crippen LogP contribution in [0.5, 0.6) is 23.0 Å². The number of ether oxygens (including phenoxy) is 5. The Morgan fingerprint density at radius 3 is 0.989 bits per heavy atom.